The van der Waals surface area contributed by atoms with Gasteiger partial charge in [-0.05, 0) is 37.2 Å². The number of hydrogen-bond acceptors (Lipinski definition) is 3. The molecule has 2 aromatic rings. The van der Waals surface area contributed by atoms with Crippen molar-refractivity contribution in [2.45, 2.75) is 26.9 Å². The molecule has 19 heavy (non-hydrogen) atoms. The molecule has 0 bridgehead atoms. The summed E-state index contributed by atoms with van der Waals surface area (Å²) in [4.78, 5) is 2.21. The molecule has 0 spiro atoms. The first-order valence-corrected chi connectivity index (χ1v) is 6.75. The van der Waals surface area contributed by atoms with Gasteiger partial charge in [-0.1, -0.05) is 25.1 Å². The quantitative estimate of drug-likeness (QED) is 0.861. The second kappa shape index (κ2) is 6.43. The average molecular weight is 258 g/mol. The Bertz CT molecular complexity index is 519. The Morgan fingerprint density at radius 2 is 1.84 bits per heavy atom. The molecule has 1 aromatic carbocycles. The van der Waals surface area contributed by atoms with Crippen LogP contribution in [-0.4, -0.2) is 13.6 Å². The monoisotopic (exact) mass is 258 g/mol. The predicted molar refractivity (Wildman–Crippen MR) is 79.4 cm³/mol. The average Bonchev–Trinajstić information content (AvgIpc) is 2.84. The van der Waals surface area contributed by atoms with Crippen molar-refractivity contribution in [2.75, 3.05) is 18.5 Å². The molecule has 0 atom stereocenters. The van der Waals surface area contributed by atoms with E-state index in [0.717, 1.165) is 31.2 Å². The molecule has 2 rings (SSSR count). The van der Waals surface area contributed by atoms with E-state index in [0.29, 0.717) is 0 Å². The van der Waals surface area contributed by atoms with Gasteiger partial charge in [0.05, 0.1) is 13.1 Å². The highest BCUT2D eigenvalue weighted by atomic mass is 16.3. The van der Waals surface area contributed by atoms with Crippen molar-refractivity contribution in [1.82, 2.24) is 5.32 Å². The summed E-state index contributed by atoms with van der Waals surface area (Å²) in [6.45, 7) is 6.76. The van der Waals surface area contributed by atoms with Gasteiger partial charge in [-0.2, -0.15) is 0 Å². The van der Waals surface area contributed by atoms with Gasteiger partial charge in [0.2, 0.25) is 0 Å². The van der Waals surface area contributed by atoms with Crippen LogP contribution in [-0.2, 0) is 13.1 Å². The largest absolute Gasteiger partial charge is 0.463 e. The molecule has 0 unspecified atom stereocenters. The topological polar surface area (TPSA) is 28.4 Å². The maximum atomic E-state index is 5.81. The van der Waals surface area contributed by atoms with Crippen LogP contribution in [0.2, 0.25) is 0 Å². The van der Waals surface area contributed by atoms with E-state index in [1.165, 1.54) is 11.3 Å². The molecular weight excluding hydrogens is 236 g/mol. The Morgan fingerprint density at radius 1 is 1.11 bits per heavy atom. The van der Waals surface area contributed by atoms with Gasteiger partial charge in [-0.15, -0.1) is 0 Å². The Morgan fingerprint density at radius 3 is 2.58 bits per heavy atom. The summed E-state index contributed by atoms with van der Waals surface area (Å²) in [7, 11) is 2.09. The van der Waals surface area contributed by atoms with Crippen LogP contribution in [0.15, 0.2) is 40.8 Å². The normalized spacial score (nSPS) is 10.7. The fourth-order valence-electron chi connectivity index (χ4n) is 2.16. The number of aryl methyl sites for hydroxylation is 1. The SMILES string of the molecule is CCNCc1ccc(CN(C)c2ccccc2C)o1. The third-order valence-electron chi connectivity index (χ3n) is 3.19. The molecule has 0 radical (unpaired) electrons. The molecule has 0 saturated carbocycles. The van der Waals surface area contributed by atoms with E-state index in [4.69, 9.17) is 4.42 Å². The van der Waals surface area contributed by atoms with E-state index in [1.807, 2.05) is 6.07 Å². The molecule has 0 aliphatic heterocycles. The molecule has 0 aliphatic carbocycles. The minimum atomic E-state index is 0.789. The summed E-state index contributed by atoms with van der Waals surface area (Å²) < 4.78 is 5.81. The summed E-state index contributed by atoms with van der Waals surface area (Å²) in [5.41, 5.74) is 2.52. The van der Waals surface area contributed by atoms with E-state index in [1.54, 1.807) is 0 Å². The first-order chi connectivity index (χ1) is 9.20. The van der Waals surface area contributed by atoms with Crippen molar-refractivity contribution in [3.8, 4) is 0 Å². The molecule has 3 nitrogen and oxygen atoms in total. The van der Waals surface area contributed by atoms with Gasteiger partial charge in [-0.25, -0.2) is 0 Å². The molecular formula is C16H22N2O. The first kappa shape index (κ1) is 13.7. The second-order valence-corrected chi connectivity index (χ2v) is 4.79. The lowest BCUT2D eigenvalue weighted by Gasteiger charge is -2.20. The highest BCUT2D eigenvalue weighted by molar-refractivity contribution is 5.52. The molecule has 102 valence electrons. The zero-order chi connectivity index (χ0) is 13.7. The van der Waals surface area contributed by atoms with Gasteiger partial charge in [0, 0.05) is 12.7 Å². The number of furan rings is 1. The standard InChI is InChI=1S/C16H22N2O/c1-4-17-11-14-9-10-15(19-14)12-18(3)16-8-6-5-7-13(16)2/h5-10,17H,4,11-12H2,1-3H3. The highest BCUT2D eigenvalue weighted by Crippen LogP contribution is 2.20. The van der Waals surface area contributed by atoms with Gasteiger partial charge in [0.25, 0.3) is 0 Å². The third kappa shape index (κ3) is 3.61. The summed E-state index contributed by atoms with van der Waals surface area (Å²) >= 11 is 0. The highest BCUT2D eigenvalue weighted by Gasteiger charge is 2.07. The first-order valence-electron chi connectivity index (χ1n) is 6.75. The summed E-state index contributed by atoms with van der Waals surface area (Å²) in [5.74, 6) is 1.99. The maximum absolute atomic E-state index is 5.81. The van der Waals surface area contributed by atoms with Gasteiger partial charge in [0.1, 0.15) is 11.5 Å². The number of nitrogens with one attached hydrogen (secondary N) is 1. The lowest BCUT2D eigenvalue weighted by molar-refractivity contribution is 0.448. The van der Waals surface area contributed by atoms with Crippen LogP contribution in [0.25, 0.3) is 0 Å². The van der Waals surface area contributed by atoms with Crippen LogP contribution >= 0.6 is 0 Å². The van der Waals surface area contributed by atoms with Crippen molar-refractivity contribution in [3.05, 3.63) is 53.5 Å². The van der Waals surface area contributed by atoms with E-state index >= 15 is 0 Å². The van der Waals surface area contributed by atoms with Crippen LogP contribution in [0, 0.1) is 6.92 Å². The number of para-hydroxylation sites is 1. The maximum Gasteiger partial charge on any atom is 0.123 e. The van der Waals surface area contributed by atoms with Crippen LogP contribution in [0.1, 0.15) is 24.0 Å². The minimum Gasteiger partial charge on any atom is -0.463 e. The molecule has 0 amide bonds. The molecule has 0 fully saturated rings. The van der Waals surface area contributed by atoms with E-state index in [-0.39, 0.29) is 0 Å². The Hall–Kier alpha value is -1.74. The molecule has 3 heteroatoms. The lowest BCUT2D eigenvalue weighted by Crippen LogP contribution is -2.17. The molecule has 0 aliphatic rings. The van der Waals surface area contributed by atoms with Crippen molar-refractivity contribution >= 4 is 5.69 Å². The number of rotatable bonds is 6. The lowest BCUT2D eigenvalue weighted by atomic mass is 10.2. The fraction of sp³-hybridized carbons (Fsp3) is 0.375. The van der Waals surface area contributed by atoms with Crippen molar-refractivity contribution < 1.29 is 4.42 Å². The van der Waals surface area contributed by atoms with E-state index < -0.39 is 0 Å². The zero-order valence-corrected chi connectivity index (χ0v) is 11.9. The zero-order valence-electron chi connectivity index (χ0n) is 11.9. The molecule has 1 N–H and O–H groups in total. The van der Waals surface area contributed by atoms with E-state index in [2.05, 4.69) is 61.4 Å². The minimum absolute atomic E-state index is 0.789. The van der Waals surface area contributed by atoms with Crippen molar-refractivity contribution in [2.24, 2.45) is 0 Å². The number of nitrogens with zero attached hydrogens (tertiary/aromatic N) is 1. The van der Waals surface area contributed by atoms with Gasteiger partial charge >= 0.3 is 0 Å². The smallest absolute Gasteiger partial charge is 0.123 e. The third-order valence-corrected chi connectivity index (χ3v) is 3.19. The van der Waals surface area contributed by atoms with Gasteiger partial charge in [-0.3, -0.25) is 0 Å². The molecule has 1 heterocycles. The predicted octanol–water partition coefficient (Wildman–Crippen LogP) is 3.33. The summed E-state index contributed by atoms with van der Waals surface area (Å²) in [6, 6.07) is 12.5. The number of anilines is 1. The Balaban J connectivity index is 2.01. The van der Waals surface area contributed by atoms with E-state index in [9.17, 15) is 0 Å². The summed E-state index contributed by atoms with van der Waals surface area (Å²) in [6.07, 6.45) is 0. The second-order valence-electron chi connectivity index (χ2n) is 4.79. The number of benzene rings is 1. The van der Waals surface area contributed by atoms with Gasteiger partial charge in [0.15, 0.2) is 0 Å². The van der Waals surface area contributed by atoms with Gasteiger partial charge < -0.3 is 14.6 Å². The van der Waals surface area contributed by atoms with Crippen molar-refractivity contribution in [1.29, 1.82) is 0 Å². The van der Waals surface area contributed by atoms with Crippen LogP contribution < -0.4 is 10.2 Å². The Labute approximate surface area is 115 Å². The van der Waals surface area contributed by atoms with Crippen LogP contribution in [0.5, 0.6) is 0 Å². The molecule has 0 saturated heterocycles. The van der Waals surface area contributed by atoms with Crippen LogP contribution in [0.3, 0.4) is 0 Å². The molecule has 1 aromatic heterocycles. The van der Waals surface area contributed by atoms with Crippen LogP contribution in [0.4, 0.5) is 5.69 Å². The van der Waals surface area contributed by atoms with Crippen molar-refractivity contribution in [3.63, 3.8) is 0 Å². The summed E-state index contributed by atoms with van der Waals surface area (Å²) in [5, 5.41) is 3.26. The fourth-order valence-corrected chi connectivity index (χ4v) is 2.16. The number of hydrogen-bond donors (Lipinski definition) is 1. The Kier molecular flexibility index (Phi) is 4.63.